The first-order valence-electron chi connectivity index (χ1n) is 4.75. The summed E-state index contributed by atoms with van der Waals surface area (Å²) in [5, 5.41) is 7.13. The van der Waals surface area contributed by atoms with Gasteiger partial charge in [-0.1, -0.05) is 18.7 Å². The third-order valence-corrected chi connectivity index (χ3v) is 3.99. The highest BCUT2D eigenvalue weighted by Crippen LogP contribution is 2.44. The number of thioether (sulfide) groups is 1. The first kappa shape index (κ1) is 9.06. The Labute approximate surface area is 82.6 Å². The van der Waals surface area contributed by atoms with Gasteiger partial charge in [0.1, 0.15) is 4.87 Å². The van der Waals surface area contributed by atoms with Gasteiger partial charge in [0.2, 0.25) is 5.91 Å². The maximum absolute atomic E-state index is 11.5. The van der Waals surface area contributed by atoms with Gasteiger partial charge in [-0.15, -0.1) is 0 Å². The van der Waals surface area contributed by atoms with Crippen LogP contribution in [0.4, 0.5) is 0 Å². The van der Waals surface area contributed by atoms with Gasteiger partial charge in [0.05, 0.1) is 5.04 Å². The zero-order chi connectivity index (χ0) is 9.47. The molecule has 0 N–H and O–H groups in total. The largest absolute Gasteiger partial charge is 0.273 e. The number of hydrogen-bond acceptors (Lipinski definition) is 3. The van der Waals surface area contributed by atoms with E-state index in [1.165, 1.54) is 0 Å². The molecule has 1 unspecified atom stereocenters. The Balaban J connectivity index is 2.25. The highest BCUT2D eigenvalue weighted by molar-refractivity contribution is 8.15. The molecule has 0 aromatic carbocycles. The number of carbonyl (C=O) groups is 1. The van der Waals surface area contributed by atoms with Crippen LogP contribution in [0, 0.1) is 0 Å². The summed E-state index contributed by atoms with van der Waals surface area (Å²) >= 11 is 1.76. The summed E-state index contributed by atoms with van der Waals surface area (Å²) in [4.78, 5) is 11.5. The first-order valence-corrected chi connectivity index (χ1v) is 5.57. The molecule has 0 spiro atoms. The molecular formula is C9H14N2OS. The fraction of sp³-hybridized carbons (Fsp3) is 0.778. The first-order chi connectivity index (χ1) is 6.15. The molecule has 1 fully saturated rings. The van der Waals surface area contributed by atoms with Crippen LogP contribution in [0.5, 0.6) is 0 Å². The van der Waals surface area contributed by atoms with Crippen LogP contribution < -0.4 is 0 Å². The minimum atomic E-state index is -0.0688. The lowest BCUT2D eigenvalue weighted by Crippen LogP contribution is -2.44. The van der Waals surface area contributed by atoms with Crippen molar-refractivity contribution in [2.45, 2.75) is 44.4 Å². The van der Waals surface area contributed by atoms with E-state index in [1.807, 2.05) is 0 Å². The molecule has 4 heteroatoms. The van der Waals surface area contributed by atoms with E-state index >= 15 is 0 Å². The molecule has 2 heterocycles. The van der Waals surface area contributed by atoms with Crippen LogP contribution in [0.2, 0.25) is 0 Å². The van der Waals surface area contributed by atoms with Crippen LogP contribution in [-0.4, -0.2) is 20.8 Å². The van der Waals surface area contributed by atoms with Gasteiger partial charge >= 0.3 is 0 Å². The van der Waals surface area contributed by atoms with Crippen molar-refractivity contribution in [2.24, 2.45) is 5.10 Å². The van der Waals surface area contributed by atoms with Crippen molar-refractivity contribution < 1.29 is 4.79 Å². The summed E-state index contributed by atoms with van der Waals surface area (Å²) in [6.07, 6.45) is 3.67. The number of rotatable bonds is 1. The molecule has 0 bridgehead atoms. The zero-order valence-electron chi connectivity index (χ0n) is 8.04. The van der Waals surface area contributed by atoms with Gasteiger partial charge in [-0.3, -0.25) is 4.79 Å². The normalized spacial score (nSPS) is 33.2. The van der Waals surface area contributed by atoms with E-state index in [-0.39, 0.29) is 10.8 Å². The molecule has 0 aromatic rings. The maximum atomic E-state index is 11.5. The molecule has 1 atom stereocenters. The quantitative estimate of drug-likeness (QED) is 0.647. The summed E-state index contributed by atoms with van der Waals surface area (Å²) in [7, 11) is 0. The number of fused-ring (bicyclic) bond motifs is 1. The Morgan fingerprint density at radius 1 is 1.69 bits per heavy atom. The van der Waals surface area contributed by atoms with Gasteiger partial charge in [0.25, 0.3) is 0 Å². The molecule has 0 radical (unpaired) electrons. The number of carbonyl (C=O) groups excluding carboxylic acids is 1. The molecule has 0 saturated carbocycles. The van der Waals surface area contributed by atoms with Gasteiger partial charge in [0, 0.05) is 6.42 Å². The van der Waals surface area contributed by atoms with E-state index in [9.17, 15) is 4.79 Å². The Morgan fingerprint density at radius 3 is 3.08 bits per heavy atom. The maximum Gasteiger partial charge on any atom is 0.244 e. The van der Waals surface area contributed by atoms with E-state index in [4.69, 9.17) is 0 Å². The monoisotopic (exact) mass is 198 g/mol. The number of nitrogens with zero attached hydrogens (tertiary/aromatic N) is 2. The van der Waals surface area contributed by atoms with Crippen LogP contribution in [0.3, 0.4) is 0 Å². The zero-order valence-corrected chi connectivity index (χ0v) is 8.86. The van der Waals surface area contributed by atoms with Gasteiger partial charge in [-0.2, -0.15) is 5.10 Å². The molecule has 72 valence electrons. The van der Waals surface area contributed by atoms with E-state index in [0.717, 1.165) is 24.3 Å². The smallest absolute Gasteiger partial charge is 0.244 e. The topological polar surface area (TPSA) is 32.7 Å². The number of hydrazone groups is 1. The average Bonchev–Trinajstić information content (AvgIpc) is 2.43. The van der Waals surface area contributed by atoms with Crippen LogP contribution in [0.1, 0.15) is 39.5 Å². The fourth-order valence-electron chi connectivity index (χ4n) is 1.83. The predicted molar refractivity (Wildman–Crippen MR) is 54.4 cm³/mol. The molecule has 2 rings (SSSR count). The van der Waals surface area contributed by atoms with Gasteiger partial charge in [0.15, 0.2) is 0 Å². The van der Waals surface area contributed by atoms with Crippen LogP contribution in [-0.2, 0) is 4.79 Å². The van der Waals surface area contributed by atoms with Gasteiger partial charge in [-0.25, -0.2) is 5.01 Å². The molecule has 2 aliphatic heterocycles. The molecule has 1 amide bonds. The van der Waals surface area contributed by atoms with Crippen molar-refractivity contribution in [3.8, 4) is 0 Å². The molecule has 0 aromatic heterocycles. The Bertz CT molecular complexity index is 277. The minimum Gasteiger partial charge on any atom is -0.273 e. The lowest BCUT2D eigenvalue weighted by Gasteiger charge is -2.35. The summed E-state index contributed by atoms with van der Waals surface area (Å²) in [5.41, 5.74) is 0. The molecule has 2 aliphatic rings. The standard InChI is InChI=1S/C9H14N2OS/c1-3-7-10-11-8(12)5-4-6-9(11,2)13-7/h3-6H2,1-2H3. The minimum absolute atomic E-state index is 0.0688. The summed E-state index contributed by atoms with van der Waals surface area (Å²) in [5.74, 6) is 0.185. The van der Waals surface area contributed by atoms with Crippen LogP contribution >= 0.6 is 11.8 Å². The van der Waals surface area contributed by atoms with Crippen LogP contribution in [0.25, 0.3) is 0 Å². The third kappa shape index (κ3) is 1.37. The molecule has 0 aliphatic carbocycles. The Hall–Kier alpha value is -0.510. The van der Waals surface area contributed by atoms with Crippen molar-refractivity contribution in [1.29, 1.82) is 0 Å². The Morgan fingerprint density at radius 2 is 2.46 bits per heavy atom. The average molecular weight is 198 g/mol. The lowest BCUT2D eigenvalue weighted by molar-refractivity contribution is -0.136. The SMILES string of the molecule is CCC1=NN2C(=O)CCCC2(C)S1. The second-order valence-electron chi connectivity index (χ2n) is 3.68. The van der Waals surface area contributed by atoms with E-state index in [2.05, 4.69) is 18.9 Å². The molecule has 1 saturated heterocycles. The third-order valence-electron chi connectivity index (χ3n) is 2.57. The lowest BCUT2D eigenvalue weighted by atomic mass is 10.0. The highest BCUT2D eigenvalue weighted by Gasteiger charge is 2.44. The molecular weight excluding hydrogens is 184 g/mol. The van der Waals surface area contributed by atoms with Crippen molar-refractivity contribution in [3.63, 3.8) is 0 Å². The number of piperidine rings is 1. The summed E-state index contributed by atoms with van der Waals surface area (Å²) in [6, 6.07) is 0. The number of amides is 1. The van der Waals surface area contributed by atoms with Crippen molar-refractivity contribution in [2.75, 3.05) is 0 Å². The summed E-state index contributed by atoms with van der Waals surface area (Å²) < 4.78 is 0. The summed E-state index contributed by atoms with van der Waals surface area (Å²) in [6.45, 7) is 4.19. The van der Waals surface area contributed by atoms with Crippen LogP contribution in [0.15, 0.2) is 5.10 Å². The second kappa shape index (κ2) is 3.01. The van der Waals surface area contributed by atoms with Gasteiger partial charge < -0.3 is 0 Å². The predicted octanol–water partition coefficient (Wildman–Crippen LogP) is 2.19. The van der Waals surface area contributed by atoms with E-state index in [1.54, 1.807) is 16.8 Å². The Kier molecular flexibility index (Phi) is 2.10. The fourth-order valence-corrected chi connectivity index (χ4v) is 3.08. The van der Waals surface area contributed by atoms with Crippen molar-refractivity contribution in [3.05, 3.63) is 0 Å². The van der Waals surface area contributed by atoms with E-state index < -0.39 is 0 Å². The van der Waals surface area contributed by atoms with Crippen molar-refractivity contribution >= 4 is 22.7 Å². The van der Waals surface area contributed by atoms with Gasteiger partial charge in [-0.05, 0) is 26.2 Å². The number of hydrogen-bond donors (Lipinski definition) is 0. The second-order valence-corrected chi connectivity index (χ2v) is 5.24. The molecule has 13 heavy (non-hydrogen) atoms. The highest BCUT2D eigenvalue weighted by atomic mass is 32.2. The van der Waals surface area contributed by atoms with Crippen molar-refractivity contribution in [1.82, 2.24) is 5.01 Å². The molecule has 3 nitrogen and oxygen atoms in total. The van der Waals surface area contributed by atoms with E-state index in [0.29, 0.717) is 6.42 Å².